The topological polar surface area (TPSA) is 81.9 Å². The molecule has 4 rings (SSSR count). The third kappa shape index (κ3) is 5.03. The van der Waals surface area contributed by atoms with Gasteiger partial charge < -0.3 is 14.6 Å². The van der Waals surface area contributed by atoms with E-state index in [-0.39, 0.29) is 16.7 Å². The Labute approximate surface area is 197 Å². The fourth-order valence-electron chi connectivity index (χ4n) is 3.03. The van der Waals surface area contributed by atoms with Gasteiger partial charge in [0.2, 0.25) is 5.91 Å². The summed E-state index contributed by atoms with van der Waals surface area (Å²) in [6, 6.07) is 11.7. The second-order valence-corrected chi connectivity index (χ2v) is 9.12. The summed E-state index contributed by atoms with van der Waals surface area (Å²) in [5.41, 5.74) is 0.853. The molecule has 2 heterocycles. The highest BCUT2D eigenvalue weighted by Crippen LogP contribution is 2.30. The molecule has 1 amide bonds. The zero-order chi connectivity index (χ0) is 22.7. The van der Waals surface area contributed by atoms with Crippen LogP contribution >= 0.6 is 34.7 Å². The molecular formula is C21H19ClFN5O2S2. The number of hydrogen-bond donors (Lipinski definition) is 1. The zero-order valence-electron chi connectivity index (χ0n) is 17.2. The molecule has 32 heavy (non-hydrogen) atoms. The van der Waals surface area contributed by atoms with Crippen LogP contribution in [0.15, 0.2) is 47.6 Å². The Morgan fingerprint density at radius 1 is 1.31 bits per heavy atom. The molecule has 0 saturated carbocycles. The molecule has 11 heteroatoms. The summed E-state index contributed by atoms with van der Waals surface area (Å²) < 4.78 is 22.0. The van der Waals surface area contributed by atoms with Gasteiger partial charge in [0, 0.05) is 6.54 Å². The molecule has 4 aromatic rings. The minimum absolute atomic E-state index is 0.160. The first-order valence-corrected chi connectivity index (χ1v) is 12.0. The van der Waals surface area contributed by atoms with Gasteiger partial charge in [-0.05, 0) is 44.2 Å². The molecule has 0 aliphatic rings. The number of nitrogens with zero attached hydrogens (tertiary/aromatic N) is 4. The molecule has 0 aliphatic carbocycles. The number of benzene rings is 2. The molecule has 0 saturated heterocycles. The number of hydrogen-bond acceptors (Lipinski definition) is 7. The van der Waals surface area contributed by atoms with Crippen molar-refractivity contribution in [2.45, 2.75) is 31.7 Å². The Morgan fingerprint density at radius 2 is 2.12 bits per heavy atom. The highest BCUT2D eigenvalue weighted by atomic mass is 35.5. The largest absolute Gasteiger partial charge is 0.481 e. The van der Waals surface area contributed by atoms with E-state index in [1.165, 1.54) is 41.3 Å². The number of carbonyl (C=O) groups excluding carboxylic acids is 1. The lowest BCUT2D eigenvalue weighted by Crippen LogP contribution is -2.15. The standard InChI is InChI=1S/C21H19ClFN5O2S2/c1-3-28-19(12(2)30-16-9-8-13(23)10-14(16)22)26-27-21(28)31-11-18(29)25-20-24-15-6-4-5-7-17(15)32-20/h4-10,12H,3,11H2,1-2H3,(H,24,25,29). The summed E-state index contributed by atoms with van der Waals surface area (Å²) in [6.07, 6.45) is -0.476. The molecule has 7 nitrogen and oxygen atoms in total. The third-order valence-electron chi connectivity index (χ3n) is 4.50. The van der Waals surface area contributed by atoms with Gasteiger partial charge in [-0.3, -0.25) is 4.79 Å². The first-order chi connectivity index (χ1) is 15.4. The summed E-state index contributed by atoms with van der Waals surface area (Å²) >= 11 is 8.76. The first kappa shape index (κ1) is 22.5. The van der Waals surface area contributed by atoms with Crippen molar-refractivity contribution in [2.75, 3.05) is 11.1 Å². The minimum atomic E-state index is -0.476. The number of halogens is 2. The second kappa shape index (κ2) is 9.85. The van der Waals surface area contributed by atoms with E-state index in [1.807, 2.05) is 42.7 Å². The molecule has 0 aliphatic heterocycles. The third-order valence-corrected chi connectivity index (χ3v) is 6.71. The zero-order valence-corrected chi connectivity index (χ0v) is 19.6. The molecule has 0 spiro atoms. The van der Waals surface area contributed by atoms with Gasteiger partial charge in [0.15, 0.2) is 22.2 Å². The van der Waals surface area contributed by atoms with Crippen molar-refractivity contribution in [3.63, 3.8) is 0 Å². The number of aromatic nitrogens is 4. The first-order valence-electron chi connectivity index (χ1n) is 9.77. The lowest BCUT2D eigenvalue weighted by Gasteiger charge is -2.16. The number of ether oxygens (including phenoxy) is 1. The summed E-state index contributed by atoms with van der Waals surface area (Å²) in [4.78, 5) is 16.8. The van der Waals surface area contributed by atoms with Crippen molar-refractivity contribution in [1.82, 2.24) is 19.7 Å². The quantitative estimate of drug-likeness (QED) is 0.324. The van der Waals surface area contributed by atoms with Crippen molar-refractivity contribution in [2.24, 2.45) is 0 Å². The number of fused-ring (bicyclic) bond motifs is 1. The number of thioether (sulfide) groups is 1. The van der Waals surface area contributed by atoms with Gasteiger partial charge in [0.25, 0.3) is 0 Å². The van der Waals surface area contributed by atoms with E-state index in [0.717, 1.165) is 10.2 Å². The number of nitrogens with one attached hydrogen (secondary N) is 1. The van der Waals surface area contributed by atoms with Gasteiger partial charge >= 0.3 is 0 Å². The Kier molecular flexibility index (Phi) is 6.92. The highest BCUT2D eigenvalue weighted by molar-refractivity contribution is 7.99. The van der Waals surface area contributed by atoms with Crippen molar-refractivity contribution in [3.05, 3.63) is 59.1 Å². The number of anilines is 1. The van der Waals surface area contributed by atoms with Crippen LogP contribution in [0.1, 0.15) is 25.8 Å². The SMILES string of the molecule is CCn1c(SCC(=O)Nc2nc3ccccc3s2)nnc1C(C)Oc1ccc(F)cc1Cl. The highest BCUT2D eigenvalue weighted by Gasteiger charge is 2.20. The maximum atomic E-state index is 13.3. The number of thiazole rings is 1. The van der Waals surface area contributed by atoms with Crippen LogP contribution in [-0.2, 0) is 11.3 Å². The van der Waals surface area contributed by atoms with Crippen LogP contribution < -0.4 is 10.1 Å². The van der Waals surface area contributed by atoms with Crippen LogP contribution in [-0.4, -0.2) is 31.4 Å². The Morgan fingerprint density at radius 3 is 2.88 bits per heavy atom. The Hall–Kier alpha value is -2.69. The summed E-state index contributed by atoms with van der Waals surface area (Å²) in [5.74, 6) is 0.489. The van der Waals surface area contributed by atoms with Gasteiger partial charge in [-0.2, -0.15) is 0 Å². The molecule has 1 N–H and O–H groups in total. The predicted molar refractivity (Wildman–Crippen MR) is 125 cm³/mol. The monoisotopic (exact) mass is 491 g/mol. The summed E-state index contributed by atoms with van der Waals surface area (Å²) in [7, 11) is 0. The average molecular weight is 492 g/mol. The molecule has 2 aromatic heterocycles. The Bertz CT molecular complexity index is 1230. The molecule has 1 unspecified atom stereocenters. The van der Waals surface area contributed by atoms with Crippen molar-refractivity contribution >= 4 is 56.0 Å². The van der Waals surface area contributed by atoms with E-state index in [4.69, 9.17) is 16.3 Å². The van der Waals surface area contributed by atoms with Gasteiger partial charge in [-0.1, -0.05) is 46.8 Å². The van der Waals surface area contributed by atoms with Gasteiger partial charge in [0.05, 0.1) is 21.0 Å². The Balaban J connectivity index is 1.40. The fourth-order valence-corrected chi connectivity index (χ4v) is 4.93. The van der Waals surface area contributed by atoms with Gasteiger partial charge in [0.1, 0.15) is 11.6 Å². The molecule has 166 valence electrons. The average Bonchev–Trinajstić information content (AvgIpc) is 3.37. The van der Waals surface area contributed by atoms with Gasteiger partial charge in [-0.15, -0.1) is 10.2 Å². The van der Waals surface area contributed by atoms with E-state index in [1.54, 1.807) is 0 Å². The number of carbonyl (C=O) groups is 1. The molecule has 1 atom stereocenters. The number of para-hydroxylation sites is 1. The van der Waals surface area contributed by atoms with Gasteiger partial charge in [-0.25, -0.2) is 9.37 Å². The molecular weight excluding hydrogens is 473 g/mol. The van der Waals surface area contributed by atoms with E-state index < -0.39 is 11.9 Å². The molecule has 0 fully saturated rings. The van der Waals surface area contributed by atoms with E-state index >= 15 is 0 Å². The minimum Gasteiger partial charge on any atom is -0.481 e. The van der Waals surface area contributed by atoms with E-state index in [2.05, 4.69) is 20.5 Å². The normalized spacial score (nSPS) is 12.1. The van der Waals surface area contributed by atoms with Crippen LogP contribution in [0, 0.1) is 5.82 Å². The molecule has 0 bridgehead atoms. The predicted octanol–water partition coefficient (Wildman–Crippen LogP) is 5.57. The lowest BCUT2D eigenvalue weighted by molar-refractivity contribution is -0.113. The smallest absolute Gasteiger partial charge is 0.236 e. The van der Waals surface area contributed by atoms with Crippen LogP contribution in [0.2, 0.25) is 5.02 Å². The van der Waals surface area contributed by atoms with Crippen LogP contribution in [0.3, 0.4) is 0 Å². The van der Waals surface area contributed by atoms with E-state index in [0.29, 0.717) is 28.4 Å². The van der Waals surface area contributed by atoms with Crippen LogP contribution in [0.5, 0.6) is 5.75 Å². The van der Waals surface area contributed by atoms with Crippen molar-refractivity contribution in [1.29, 1.82) is 0 Å². The van der Waals surface area contributed by atoms with Crippen molar-refractivity contribution in [3.8, 4) is 5.75 Å². The van der Waals surface area contributed by atoms with Crippen LogP contribution in [0.4, 0.5) is 9.52 Å². The summed E-state index contributed by atoms with van der Waals surface area (Å²) in [5, 5.41) is 12.6. The maximum Gasteiger partial charge on any atom is 0.236 e. The molecule has 0 radical (unpaired) electrons. The second-order valence-electron chi connectivity index (χ2n) is 6.74. The van der Waals surface area contributed by atoms with Crippen LogP contribution in [0.25, 0.3) is 10.2 Å². The lowest BCUT2D eigenvalue weighted by atomic mass is 10.3. The fraction of sp³-hybridized carbons (Fsp3) is 0.238. The number of rotatable bonds is 8. The van der Waals surface area contributed by atoms with E-state index in [9.17, 15) is 9.18 Å². The number of amides is 1. The maximum absolute atomic E-state index is 13.3. The summed E-state index contributed by atoms with van der Waals surface area (Å²) in [6.45, 7) is 4.36. The molecule has 2 aromatic carbocycles. The van der Waals surface area contributed by atoms with Crippen molar-refractivity contribution < 1.29 is 13.9 Å².